The van der Waals surface area contributed by atoms with Crippen LogP contribution in [0, 0.1) is 23.5 Å². The normalized spacial score (nSPS) is 20.6. The molecule has 148 valence electrons. The molecular weight excluding hydrogens is 350 g/mol. The quantitative estimate of drug-likeness (QED) is 0.766. The Bertz CT molecular complexity index is 696. The second-order valence-electron chi connectivity index (χ2n) is 7.94. The largest absolute Gasteiger partial charge is 0.350 e. The summed E-state index contributed by atoms with van der Waals surface area (Å²) in [5, 5.41) is 3.00. The van der Waals surface area contributed by atoms with E-state index in [-0.39, 0.29) is 23.4 Å². The third kappa shape index (κ3) is 5.62. The van der Waals surface area contributed by atoms with Gasteiger partial charge in [0.2, 0.25) is 11.8 Å². The van der Waals surface area contributed by atoms with Crippen LogP contribution in [0.1, 0.15) is 46.1 Å². The van der Waals surface area contributed by atoms with E-state index in [0.29, 0.717) is 18.9 Å². The van der Waals surface area contributed by atoms with Gasteiger partial charge >= 0.3 is 0 Å². The number of benzene rings is 1. The van der Waals surface area contributed by atoms with Crippen LogP contribution in [0.5, 0.6) is 0 Å². The van der Waals surface area contributed by atoms with E-state index in [1.54, 1.807) is 0 Å². The summed E-state index contributed by atoms with van der Waals surface area (Å²) in [5.74, 6) is -1.44. The van der Waals surface area contributed by atoms with Crippen LogP contribution in [0.25, 0.3) is 6.08 Å². The third-order valence-corrected chi connectivity index (χ3v) is 4.57. The number of halogens is 2. The van der Waals surface area contributed by atoms with E-state index in [2.05, 4.69) is 19.2 Å². The minimum absolute atomic E-state index is 0.122. The molecule has 0 aliphatic carbocycles. The summed E-state index contributed by atoms with van der Waals surface area (Å²) in [5.41, 5.74) is -0.258. The zero-order chi connectivity index (χ0) is 20.1. The standard InChI is InChI=1S/C21H28F2N2O2/c1-13(2)10-15-12-25(19(11-14(3)4)21(27)24-15)20(26)9-8-16-17(22)6-5-7-18(16)23/h5-9,13-15,19H,10-12H2,1-4H3,(H,24,27). The molecule has 2 atom stereocenters. The van der Waals surface area contributed by atoms with Gasteiger partial charge in [-0.3, -0.25) is 9.59 Å². The van der Waals surface area contributed by atoms with Crippen molar-refractivity contribution >= 4 is 17.9 Å². The first-order valence-electron chi connectivity index (χ1n) is 9.42. The highest BCUT2D eigenvalue weighted by Crippen LogP contribution is 2.21. The average Bonchev–Trinajstić information content (AvgIpc) is 2.55. The maximum absolute atomic E-state index is 13.8. The van der Waals surface area contributed by atoms with Crippen LogP contribution in [-0.2, 0) is 9.59 Å². The second kappa shape index (κ2) is 9.11. The zero-order valence-corrected chi connectivity index (χ0v) is 16.3. The molecule has 1 heterocycles. The van der Waals surface area contributed by atoms with Gasteiger partial charge in [0, 0.05) is 24.2 Å². The molecule has 1 aromatic rings. The van der Waals surface area contributed by atoms with Gasteiger partial charge in [-0.15, -0.1) is 0 Å². The molecule has 1 saturated heterocycles. The number of piperazine rings is 1. The predicted octanol–water partition coefficient (Wildman–Crippen LogP) is 3.77. The summed E-state index contributed by atoms with van der Waals surface area (Å²) in [4.78, 5) is 26.9. The van der Waals surface area contributed by atoms with Crippen molar-refractivity contribution in [3.63, 3.8) is 0 Å². The van der Waals surface area contributed by atoms with Crippen molar-refractivity contribution in [3.05, 3.63) is 41.5 Å². The molecule has 6 heteroatoms. The highest BCUT2D eigenvalue weighted by molar-refractivity contribution is 5.96. The Morgan fingerprint density at radius 3 is 2.33 bits per heavy atom. The van der Waals surface area contributed by atoms with E-state index >= 15 is 0 Å². The van der Waals surface area contributed by atoms with E-state index in [9.17, 15) is 18.4 Å². The Labute approximate surface area is 159 Å². The van der Waals surface area contributed by atoms with Crippen molar-refractivity contribution in [3.8, 4) is 0 Å². The Hall–Kier alpha value is -2.24. The van der Waals surface area contributed by atoms with Crippen molar-refractivity contribution in [1.29, 1.82) is 0 Å². The van der Waals surface area contributed by atoms with Gasteiger partial charge in [0.1, 0.15) is 17.7 Å². The minimum atomic E-state index is -0.730. The molecule has 0 bridgehead atoms. The molecule has 1 N–H and O–H groups in total. The fourth-order valence-electron chi connectivity index (χ4n) is 3.40. The molecule has 2 amide bonds. The fourth-order valence-corrected chi connectivity index (χ4v) is 3.40. The lowest BCUT2D eigenvalue weighted by Gasteiger charge is -2.40. The summed E-state index contributed by atoms with van der Waals surface area (Å²) in [6.45, 7) is 8.48. The first-order valence-corrected chi connectivity index (χ1v) is 9.42. The minimum Gasteiger partial charge on any atom is -0.350 e. The van der Waals surface area contributed by atoms with Gasteiger partial charge in [-0.25, -0.2) is 8.78 Å². The van der Waals surface area contributed by atoms with Crippen LogP contribution in [0.3, 0.4) is 0 Å². The van der Waals surface area contributed by atoms with Gasteiger partial charge in [0.15, 0.2) is 0 Å². The van der Waals surface area contributed by atoms with Crippen molar-refractivity contribution in [2.24, 2.45) is 11.8 Å². The van der Waals surface area contributed by atoms with E-state index in [0.717, 1.165) is 30.7 Å². The molecule has 2 unspecified atom stereocenters. The maximum atomic E-state index is 13.8. The predicted molar refractivity (Wildman–Crippen MR) is 102 cm³/mol. The van der Waals surface area contributed by atoms with Crippen LogP contribution < -0.4 is 5.32 Å². The second-order valence-corrected chi connectivity index (χ2v) is 7.94. The lowest BCUT2D eigenvalue weighted by Crippen LogP contribution is -2.61. The number of rotatable bonds is 6. The molecule has 0 spiro atoms. The average molecular weight is 378 g/mol. The summed E-state index contributed by atoms with van der Waals surface area (Å²) in [7, 11) is 0. The first-order chi connectivity index (χ1) is 12.7. The highest BCUT2D eigenvalue weighted by atomic mass is 19.1. The topological polar surface area (TPSA) is 49.4 Å². The van der Waals surface area contributed by atoms with Crippen molar-refractivity contribution < 1.29 is 18.4 Å². The summed E-state index contributed by atoms with van der Waals surface area (Å²) >= 11 is 0. The number of nitrogens with zero attached hydrogens (tertiary/aromatic N) is 1. The van der Waals surface area contributed by atoms with Gasteiger partial charge in [-0.2, -0.15) is 0 Å². The lowest BCUT2D eigenvalue weighted by atomic mass is 9.95. The Morgan fingerprint density at radius 2 is 1.78 bits per heavy atom. The molecule has 4 nitrogen and oxygen atoms in total. The van der Waals surface area contributed by atoms with Crippen LogP contribution >= 0.6 is 0 Å². The monoisotopic (exact) mass is 378 g/mol. The molecule has 27 heavy (non-hydrogen) atoms. The molecule has 2 rings (SSSR count). The summed E-state index contributed by atoms with van der Waals surface area (Å²) in [6, 6.07) is 2.86. The van der Waals surface area contributed by atoms with E-state index < -0.39 is 23.6 Å². The van der Waals surface area contributed by atoms with Gasteiger partial charge in [0.25, 0.3) is 0 Å². The van der Waals surface area contributed by atoms with Crippen LogP contribution in [0.15, 0.2) is 24.3 Å². The maximum Gasteiger partial charge on any atom is 0.247 e. The van der Waals surface area contributed by atoms with Gasteiger partial charge in [0.05, 0.1) is 0 Å². The van der Waals surface area contributed by atoms with E-state index in [4.69, 9.17) is 0 Å². The highest BCUT2D eigenvalue weighted by Gasteiger charge is 2.36. The van der Waals surface area contributed by atoms with E-state index in [1.165, 1.54) is 11.0 Å². The summed E-state index contributed by atoms with van der Waals surface area (Å²) < 4.78 is 27.6. The van der Waals surface area contributed by atoms with Gasteiger partial charge < -0.3 is 10.2 Å². The smallest absolute Gasteiger partial charge is 0.247 e. The lowest BCUT2D eigenvalue weighted by molar-refractivity contribution is -0.142. The fraction of sp³-hybridized carbons (Fsp3) is 0.524. The van der Waals surface area contributed by atoms with Crippen molar-refractivity contribution in [2.45, 2.75) is 52.6 Å². The molecule has 0 aromatic heterocycles. The molecule has 1 aliphatic heterocycles. The van der Waals surface area contributed by atoms with Crippen LogP contribution in [0.4, 0.5) is 8.78 Å². The Morgan fingerprint density at radius 1 is 1.19 bits per heavy atom. The third-order valence-electron chi connectivity index (χ3n) is 4.57. The molecule has 1 aromatic carbocycles. The Balaban J connectivity index is 2.24. The number of nitrogens with one attached hydrogen (secondary N) is 1. The number of amides is 2. The Kier molecular flexibility index (Phi) is 7.11. The van der Waals surface area contributed by atoms with Crippen LogP contribution in [0.2, 0.25) is 0 Å². The molecule has 0 radical (unpaired) electrons. The zero-order valence-electron chi connectivity index (χ0n) is 16.3. The van der Waals surface area contributed by atoms with Gasteiger partial charge in [-0.1, -0.05) is 33.8 Å². The number of carbonyl (C=O) groups excluding carboxylic acids is 2. The van der Waals surface area contributed by atoms with Crippen molar-refractivity contribution in [1.82, 2.24) is 10.2 Å². The van der Waals surface area contributed by atoms with Gasteiger partial charge in [-0.05, 0) is 42.9 Å². The number of carbonyl (C=O) groups is 2. The molecule has 0 saturated carbocycles. The van der Waals surface area contributed by atoms with Crippen LogP contribution in [-0.4, -0.2) is 35.3 Å². The molecule has 1 aliphatic rings. The molecular formula is C21H28F2N2O2. The SMILES string of the molecule is CC(C)CC1CN(C(=O)C=Cc2c(F)cccc2F)C(CC(C)C)C(=O)N1. The number of hydrogen-bond donors (Lipinski definition) is 1. The van der Waals surface area contributed by atoms with Crippen molar-refractivity contribution in [2.75, 3.05) is 6.54 Å². The number of hydrogen-bond acceptors (Lipinski definition) is 2. The molecule has 1 fully saturated rings. The van der Waals surface area contributed by atoms with E-state index in [1.807, 2.05) is 13.8 Å². The summed E-state index contributed by atoms with van der Waals surface area (Å²) in [6.07, 6.45) is 3.59. The first kappa shape index (κ1) is 21.1.